The summed E-state index contributed by atoms with van der Waals surface area (Å²) < 4.78 is 0. The number of halogens is 1. The van der Waals surface area contributed by atoms with Crippen LogP contribution in [0.3, 0.4) is 0 Å². The molecule has 0 aliphatic rings. The second-order valence-corrected chi connectivity index (χ2v) is 7.57. The first-order valence-corrected chi connectivity index (χ1v) is 9.41. The summed E-state index contributed by atoms with van der Waals surface area (Å²) in [6.45, 7) is 0. The van der Waals surface area contributed by atoms with Crippen molar-refractivity contribution < 1.29 is 4.79 Å². The van der Waals surface area contributed by atoms with Gasteiger partial charge in [0.25, 0.3) is 0 Å². The third-order valence-corrected chi connectivity index (χ3v) is 5.24. The van der Waals surface area contributed by atoms with Crippen molar-refractivity contribution in [3.05, 3.63) is 82.0 Å². The summed E-state index contributed by atoms with van der Waals surface area (Å²) in [7, 11) is 0. The summed E-state index contributed by atoms with van der Waals surface area (Å²) in [5.74, 6) is -0.0709. The van der Waals surface area contributed by atoms with Crippen LogP contribution in [0.4, 0.5) is 5.13 Å². The maximum absolute atomic E-state index is 12.4. The number of aromatic nitrogens is 2. The van der Waals surface area contributed by atoms with Gasteiger partial charge in [0.15, 0.2) is 5.13 Å². The zero-order valence-electron chi connectivity index (χ0n) is 13.8. The van der Waals surface area contributed by atoms with E-state index >= 15 is 0 Å². The predicted octanol–water partition coefficient (Wildman–Crippen LogP) is 5.05. The second kappa shape index (κ2) is 7.32. The Bertz CT molecular complexity index is 1070. The molecule has 0 radical (unpaired) electrons. The zero-order chi connectivity index (χ0) is 17.9. The zero-order valence-corrected chi connectivity index (χ0v) is 15.4. The smallest absolute Gasteiger partial charge is 0.230 e. The van der Waals surface area contributed by atoms with Gasteiger partial charge in [-0.05, 0) is 29.3 Å². The predicted molar refractivity (Wildman–Crippen MR) is 107 cm³/mol. The summed E-state index contributed by atoms with van der Waals surface area (Å²) >= 11 is 7.51. The first kappa shape index (κ1) is 16.8. The van der Waals surface area contributed by atoms with Gasteiger partial charge in [-0.25, -0.2) is 4.98 Å². The molecule has 4 rings (SSSR count). The van der Waals surface area contributed by atoms with Crippen molar-refractivity contribution in [2.24, 2.45) is 0 Å². The quantitative estimate of drug-likeness (QED) is 0.508. The van der Waals surface area contributed by atoms with Crippen molar-refractivity contribution in [3.63, 3.8) is 0 Å². The SMILES string of the molecule is O=C(Cc1c[nH]c2ccccc12)Nc1ncc(Cc2cccc(Cl)c2)s1. The van der Waals surface area contributed by atoms with Gasteiger partial charge in [-0.1, -0.05) is 41.9 Å². The molecule has 1 amide bonds. The van der Waals surface area contributed by atoms with Gasteiger partial charge in [0, 0.05) is 39.6 Å². The molecule has 2 N–H and O–H groups in total. The van der Waals surface area contributed by atoms with Crippen LogP contribution in [0.2, 0.25) is 5.02 Å². The van der Waals surface area contributed by atoms with Crippen LogP contribution in [0.5, 0.6) is 0 Å². The van der Waals surface area contributed by atoms with Crippen LogP contribution < -0.4 is 5.32 Å². The van der Waals surface area contributed by atoms with Gasteiger partial charge < -0.3 is 10.3 Å². The number of amides is 1. The molecular formula is C20H16ClN3OS. The van der Waals surface area contributed by atoms with E-state index in [4.69, 9.17) is 11.6 Å². The van der Waals surface area contributed by atoms with Crippen LogP contribution in [-0.4, -0.2) is 15.9 Å². The van der Waals surface area contributed by atoms with Gasteiger partial charge in [-0.3, -0.25) is 4.79 Å². The summed E-state index contributed by atoms with van der Waals surface area (Å²) in [6, 6.07) is 15.7. The molecule has 0 saturated heterocycles. The van der Waals surface area contributed by atoms with E-state index in [2.05, 4.69) is 15.3 Å². The Labute approximate surface area is 159 Å². The van der Waals surface area contributed by atoms with E-state index in [1.165, 1.54) is 11.3 Å². The number of anilines is 1. The van der Waals surface area contributed by atoms with Crippen LogP contribution in [0.1, 0.15) is 16.0 Å². The lowest BCUT2D eigenvalue weighted by molar-refractivity contribution is -0.115. The Morgan fingerprint density at radius 2 is 2.08 bits per heavy atom. The molecule has 0 spiro atoms. The summed E-state index contributed by atoms with van der Waals surface area (Å²) in [5, 5.41) is 5.30. The molecule has 130 valence electrons. The molecular weight excluding hydrogens is 366 g/mol. The first-order chi connectivity index (χ1) is 12.7. The average Bonchev–Trinajstić information content (AvgIpc) is 3.22. The topological polar surface area (TPSA) is 57.8 Å². The Hall–Kier alpha value is -2.63. The minimum Gasteiger partial charge on any atom is -0.361 e. The number of nitrogens with one attached hydrogen (secondary N) is 2. The molecule has 6 heteroatoms. The van der Waals surface area contributed by atoms with E-state index in [0.29, 0.717) is 11.6 Å². The number of benzene rings is 2. The van der Waals surface area contributed by atoms with E-state index < -0.39 is 0 Å². The highest BCUT2D eigenvalue weighted by molar-refractivity contribution is 7.15. The number of para-hydroxylation sites is 1. The van der Waals surface area contributed by atoms with E-state index in [9.17, 15) is 4.79 Å². The number of hydrogen-bond donors (Lipinski definition) is 2. The lowest BCUT2D eigenvalue weighted by Gasteiger charge is -2.01. The van der Waals surface area contributed by atoms with Crippen molar-refractivity contribution in [2.75, 3.05) is 5.32 Å². The Balaban J connectivity index is 1.41. The molecule has 0 bridgehead atoms. The van der Waals surface area contributed by atoms with E-state index in [1.807, 2.05) is 54.7 Å². The van der Waals surface area contributed by atoms with Crippen LogP contribution in [0, 0.1) is 0 Å². The van der Waals surface area contributed by atoms with Gasteiger partial charge in [0.2, 0.25) is 5.91 Å². The fourth-order valence-electron chi connectivity index (χ4n) is 2.91. The van der Waals surface area contributed by atoms with Crippen LogP contribution >= 0.6 is 22.9 Å². The van der Waals surface area contributed by atoms with Crippen molar-refractivity contribution in [1.82, 2.24) is 9.97 Å². The highest BCUT2D eigenvalue weighted by atomic mass is 35.5. The number of hydrogen-bond acceptors (Lipinski definition) is 3. The standard InChI is InChI=1S/C20H16ClN3OS/c21-15-5-3-4-13(8-15)9-16-12-23-20(26-16)24-19(25)10-14-11-22-18-7-2-1-6-17(14)18/h1-8,11-12,22H,9-10H2,(H,23,24,25). The minimum atomic E-state index is -0.0709. The van der Waals surface area contributed by atoms with Gasteiger partial charge in [-0.15, -0.1) is 11.3 Å². The molecule has 0 atom stereocenters. The largest absolute Gasteiger partial charge is 0.361 e. The lowest BCUT2D eigenvalue weighted by Crippen LogP contribution is -2.13. The number of fused-ring (bicyclic) bond motifs is 1. The Morgan fingerprint density at radius 1 is 1.19 bits per heavy atom. The van der Waals surface area contributed by atoms with E-state index in [-0.39, 0.29) is 5.91 Å². The second-order valence-electron chi connectivity index (χ2n) is 6.02. The molecule has 2 aromatic carbocycles. The summed E-state index contributed by atoms with van der Waals surface area (Å²) in [5.41, 5.74) is 3.14. The third kappa shape index (κ3) is 3.79. The normalized spacial score (nSPS) is 11.0. The van der Waals surface area contributed by atoms with Gasteiger partial charge in [-0.2, -0.15) is 0 Å². The van der Waals surface area contributed by atoms with Crippen molar-refractivity contribution in [2.45, 2.75) is 12.8 Å². The molecule has 2 aromatic heterocycles. The molecule has 0 saturated carbocycles. The van der Waals surface area contributed by atoms with Gasteiger partial charge >= 0.3 is 0 Å². The maximum atomic E-state index is 12.4. The number of thiazole rings is 1. The number of rotatable bonds is 5. The van der Waals surface area contributed by atoms with E-state index in [0.717, 1.165) is 38.4 Å². The number of aromatic amines is 1. The first-order valence-electron chi connectivity index (χ1n) is 8.21. The van der Waals surface area contributed by atoms with Gasteiger partial charge in [0.05, 0.1) is 6.42 Å². The molecule has 0 unspecified atom stereocenters. The summed E-state index contributed by atoms with van der Waals surface area (Å²) in [4.78, 5) is 20.9. The van der Waals surface area contributed by atoms with Crippen molar-refractivity contribution in [3.8, 4) is 0 Å². The lowest BCUT2D eigenvalue weighted by atomic mass is 10.1. The highest BCUT2D eigenvalue weighted by Crippen LogP contribution is 2.23. The molecule has 26 heavy (non-hydrogen) atoms. The average molecular weight is 382 g/mol. The fraction of sp³-hybridized carbons (Fsp3) is 0.100. The molecule has 0 aliphatic carbocycles. The molecule has 4 aromatic rings. The third-order valence-electron chi connectivity index (χ3n) is 4.09. The number of nitrogens with zero attached hydrogens (tertiary/aromatic N) is 1. The minimum absolute atomic E-state index is 0.0709. The fourth-order valence-corrected chi connectivity index (χ4v) is 3.99. The Kier molecular flexibility index (Phi) is 4.73. The molecule has 0 aliphatic heterocycles. The molecule has 0 fully saturated rings. The Morgan fingerprint density at radius 3 is 2.96 bits per heavy atom. The van der Waals surface area contributed by atoms with Crippen LogP contribution in [0.15, 0.2) is 60.9 Å². The highest BCUT2D eigenvalue weighted by Gasteiger charge is 2.11. The van der Waals surface area contributed by atoms with E-state index in [1.54, 1.807) is 6.20 Å². The van der Waals surface area contributed by atoms with Crippen molar-refractivity contribution in [1.29, 1.82) is 0 Å². The monoisotopic (exact) mass is 381 g/mol. The van der Waals surface area contributed by atoms with Crippen molar-refractivity contribution >= 4 is 44.9 Å². The van der Waals surface area contributed by atoms with Crippen LogP contribution in [0.25, 0.3) is 10.9 Å². The number of carbonyl (C=O) groups is 1. The number of H-pyrrole nitrogens is 1. The maximum Gasteiger partial charge on any atom is 0.230 e. The number of carbonyl (C=O) groups excluding carboxylic acids is 1. The molecule has 4 nitrogen and oxygen atoms in total. The van der Waals surface area contributed by atoms with Gasteiger partial charge in [0.1, 0.15) is 0 Å². The molecule has 2 heterocycles. The van der Waals surface area contributed by atoms with Crippen LogP contribution in [-0.2, 0) is 17.6 Å². The summed E-state index contributed by atoms with van der Waals surface area (Å²) in [6.07, 6.45) is 4.74.